The predicted octanol–water partition coefficient (Wildman–Crippen LogP) is 6.13. The van der Waals surface area contributed by atoms with E-state index in [0.717, 1.165) is 51.5 Å². The first-order chi connectivity index (χ1) is 16.1. The molecule has 34 heavy (non-hydrogen) atoms. The van der Waals surface area contributed by atoms with Gasteiger partial charge in [-0.3, -0.25) is 4.79 Å². The highest BCUT2D eigenvalue weighted by Crippen LogP contribution is 2.44. The number of carbonyl (C=O) groups is 1. The number of aromatic nitrogens is 2. The van der Waals surface area contributed by atoms with Crippen LogP contribution in [0.15, 0.2) is 55.1 Å². The summed E-state index contributed by atoms with van der Waals surface area (Å²) in [5, 5.41) is 2.89. The first kappa shape index (κ1) is 24.3. The van der Waals surface area contributed by atoms with E-state index in [1.165, 1.54) is 6.33 Å². The molecule has 0 saturated carbocycles. The Labute approximate surface area is 210 Å². The van der Waals surface area contributed by atoms with E-state index in [1.807, 2.05) is 12.1 Å². The predicted molar refractivity (Wildman–Crippen MR) is 137 cm³/mol. The Morgan fingerprint density at radius 3 is 2.53 bits per heavy atom. The summed E-state index contributed by atoms with van der Waals surface area (Å²) in [6.45, 7) is 6.62. The average molecular weight is 578 g/mol. The number of fused-ring (bicyclic) bond motifs is 1. The summed E-state index contributed by atoms with van der Waals surface area (Å²) in [4.78, 5) is 23.9. The summed E-state index contributed by atoms with van der Waals surface area (Å²) in [6.07, 6.45) is 4.99. The molecule has 2 heterocycles. The summed E-state index contributed by atoms with van der Waals surface area (Å²) in [5.41, 5.74) is 5.07. The maximum Gasteiger partial charge on any atom is 0.329 e. The second-order valence-electron chi connectivity index (χ2n) is 8.62. The van der Waals surface area contributed by atoms with Crippen molar-refractivity contribution in [1.82, 2.24) is 9.97 Å². The maximum absolute atomic E-state index is 13.2. The molecule has 1 atom stereocenters. The van der Waals surface area contributed by atoms with Crippen LogP contribution in [-0.2, 0) is 0 Å². The summed E-state index contributed by atoms with van der Waals surface area (Å²) < 4.78 is 28.1. The molecule has 1 aliphatic rings. The van der Waals surface area contributed by atoms with E-state index in [4.69, 9.17) is 4.74 Å². The molecule has 0 radical (unpaired) electrons. The molecule has 3 aromatic rings. The van der Waals surface area contributed by atoms with Crippen molar-refractivity contribution in [3.05, 3.63) is 66.2 Å². The van der Waals surface area contributed by atoms with Crippen molar-refractivity contribution in [2.75, 3.05) is 23.4 Å². The third-order valence-electron chi connectivity index (χ3n) is 5.70. The van der Waals surface area contributed by atoms with Gasteiger partial charge in [0, 0.05) is 81.6 Å². The Balaban J connectivity index is 1.62. The van der Waals surface area contributed by atoms with E-state index in [9.17, 15) is 13.6 Å². The highest BCUT2D eigenvalue weighted by molar-refractivity contribution is 14.1. The zero-order valence-electron chi connectivity index (χ0n) is 19.1. The summed E-state index contributed by atoms with van der Waals surface area (Å²) in [5.74, 6) is 0.311. The third kappa shape index (κ3) is 5.45. The summed E-state index contributed by atoms with van der Waals surface area (Å²) >= 11 is 1.03. The fourth-order valence-electron chi connectivity index (χ4n) is 4.10. The Bertz CT molecular complexity index is 1170. The van der Waals surface area contributed by atoms with Crippen molar-refractivity contribution < 1.29 is 18.3 Å². The monoisotopic (exact) mass is 578 g/mol. The van der Waals surface area contributed by atoms with Crippen LogP contribution >= 0.6 is 22.6 Å². The van der Waals surface area contributed by atoms with Gasteiger partial charge in [-0.25, -0.2) is 9.97 Å². The number of rotatable bonds is 7. The lowest BCUT2D eigenvalue weighted by Crippen LogP contribution is -2.29. The minimum absolute atomic E-state index is 0.261. The van der Waals surface area contributed by atoms with Crippen LogP contribution in [0.2, 0.25) is 0 Å². The van der Waals surface area contributed by atoms with Crippen molar-refractivity contribution in [1.29, 1.82) is 0 Å². The van der Waals surface area contributed by atoms with Crippen molar-refractivity contribution >= 4 is 39.9 Å². The van der Waals surface area contributed by atoms with Crippen molar-refractivity contribution in [3.63, 3.8) is 0 Å². The van der Waals surface area contributed by atoms with Crippen LogP contribution in [0.25, 0.3) is 11.1 Å². The fraction of sp³-hybridized carbons (Fsp3) is 0.320. The molecule has 1 amide bonds. The normalized spacial score (nSPS) is 15.4. The fourth-order valence-corrected chi connectivity index (χ4v) is 4.25. The topological polar surface area (TPSA) is 67.4 Å². The molecule has 6 nitrogen and oxygen atoms in total. The van der Waals surface area contributed by atoms with Gasteiger partial charge in [-0.15, -0.1) is 0 Å². The molecule has 0 aliphatic carbocycles. The van der Waals surface area contributed by atoms with E-state index in [0.29, 0.717) is 23.0 Å². The average Bonchev–Trinajstić information content (AvgIpc) is 3.15. The number of hydrogen-bond donors (Lipinski definition) is 1. The quantitative estimate of drug-likeness (QED) is 0.270. The standard InChI is InChI=1S/C25H25F2IN4O2/c1-15(2)32-12-16(3)21-8-17(9-22(23(21)32)18-10-29-14-30-11-18)24(33)31-19-4-6-20(7-5-19)34-13-25(26,27)28/h4-11,14-16H,12-13H2,1-3H3,(H,31,33). The minimum atomic E-state index is -2.94. The van der Waals surface area contributed by atoms with Gasteiger partial charge in [-0.05, 0) is 55.8 Å². The largest absolute Gasteiger partial charge is 0.486 e. The smallest absolute Gasteiger partial charge is 0.329 e. The molecular weight excluding hydrogens is 553 g/mol. The molecule has 2 aromatic carbocycles. The van der Waals surface area contributed by atoms with Crippen LogP contribution < -0.4 is 15.0 Å². The Morgan fingerprint density at radius 1 is 1.24 bits per heavy atom. The van der Waals surface area contributed by atoms with E-state index in [1.54, 1.807) is 36.7 Å². The van der Waals surface area contributed by atoms with Crippen LogP contribution in [0.4, 0.5) is 20.2 Å². The number of benzene rings is 2. The number of nitrogens with zero attached hydrogens (tertiary/aromatic N) is 3. The Kier molecular flexibility index (Phi) is 7.01. The molecular formula is C25H25F2IN4O2. The van der Waals surface area contributed by atoms with Crippen LogP contribution in [0.1, 0.15) is 42.6 Å². The zero-order chi connectivity index (χ0) is 24.5. The Hall–Kier alpha value is -2.82. The van der Waals surface area contributed by atoms with Gasteiger partial charge in [0.25, 0.3) is 5.91 Å². The molecule has 0 saturated heterocycles. The molecule has 4 rings (SSSR count). The number of hydrogen-bond acceptors (Lipinski definition) is 5. The molecule has 0 bridgehead atoms. The van der Waals surface area contributed by atoms with E-state index >= 15 is 0 Å². The van der Waals surface area contributed by atoms with Gasteiger partial charge in [0.2, 0.25) is 0 Å². The van der Waals surface area contributed by atoms with Gasteiger partial charge in [0.15, 0.2) is 6.61 Å². The molecule has 178 valence electrons. The third-order valence-corrected chi connectivity index (χ3v) is 6.01. The first-order valence-electron chi connectivity index (χ1n) is 10.9. The first-order valence-corrected chi connectivity index (χ1v) is 12.0. The minimum Gasteiger partial charge on any atom is -0.486 e. The number of carbonyl (C=O) groups excluding carboxylic acids is 1. The van der Waals surface area contributed by atoms with Crippen LogP contribution in [-0.4, -0.2) is 39.0 Å². The van der Waals surface area contributed by atoms with E-state index < -0.39 is 10.5 Å². The van der Waals surface area contributed by atoms with Crippen LogP contribution in [0, 0.1) is 0 Å². The van der Waals surface area contributed by atoms with E-state index in [-0.39, 0.29) is 11.8 Å². The van der Waals surface area contributed by atoms with Crippen LogP contribution in [0.5, 0.6) is 5.75 Å². The highest BCUT2D eigenvalue weighted by atomic mass is 127. The van der Waals surface area contributed by atoms with Gasteiger partial charge in [-0.2, -0.15) is 8.78 Å². The number of ether oxygens (including phenoxy) is 1. The van der Waals surface area contributed by atoms with Gasteiger partial charge in [0.05, 0.1) is 0 Å². The molecule has 9 heteroatoms. The van der Waals surface area contributed by atoms with Crippen molar-refractivity contribution in [2.24, 2.45) is 0 Å². The molecule has 1 aromatic heterocycles. The van der Waals surface area contributed by atoms with E-state index in [2.05, 4.69) is 41.0 Å². The lowest BCUT2D eigenvalue weighted by Gasteiger charge is -2.26. The van der Waals surface area contributed by atoms with Crippen LogP contribution in [0.3, 0.4) is 0 Å². The SMILES string of the molecule is CC1CN(C(C)C)c2c(-c3cncnc3)cc(C(=O)Nc3ccc(OCC(F)(F)I)cc3)cc21. The van der Waals surface area contributed by atoms with Gasteiger partial charge < -0.3 is 15.0 Å². The molecule has 1 unspecified atom stereocenters. The molecule has 1 aliphatic heterocycles. The second kappa shape index (κ2) is 9.81. The lowest BCUT2D eigenvalue weighted by molar-refractivity contribution is 0.0647. The lowest BCUT2D eigenvalue weighted by atomic mass is 9.94. The number of nitrogens with one attached hydrogen (secondary N) is 1. The maximum atomic E-state index is 13.2. The molecule has 0 fully saturated rings. The highest BCUT2D eigenvalue weighted by Gasteiger charge is 2.31. The van der Waals surface area contributed by atoms with Gasteiger partial charge in [0.1, 0.15) is 12.1 Å². The zero-order valence-corrected chi connectivity index (χ0v) is 21.2. The molecule has 1 N–H and O–H groups in total. The Morgan fingerprint density at radius 2 is 1.91 bits per heavy atom. The van der Waals surface area contributed by atoms with Gasteiger partial charge in [-0.1, -0.05) is 6.92 Å². The summed E-state index contributed by atoms with van der Waals surface area (Å²) in [6, 6.07) is 10.5. The number of amides is 1. The van der Waals surface area contributed by atoms with Gasteiger partial charge >= 0.3 is 3.93 Å². The van der Waals surface area contributed by atoms with Crippen molar-refractivity contribution in [2.45, 2.75) is 36.7 Å². The molecule has 0 spiro atoms. The number of alkyl halides is 3. The van der Waals surface area contributed by atoms with Crippen molar-refractivity contribution in [3.8, 4) is 16.9 Å². The summed E-state index contributed by atoms with van der Waals surface area (Å²) in [7, 11) is 0. The number of halogens is 3. The second-order valence-corrected chi connectivity index (χ2v) is 10.2. The number of anilines is 2.